The van der Waals surface area contributed by atoms with Gasteiger partial charge in [-0.3, -0.25) is 4.98 Å². The second kappa shape index (κ2) is 5.44. The topological polar surface area (TPSA) is 50.3 Å². The third-order valence-electron chi connectivity index (χ3n) is 3.36. The minimum atomic E-state index is -3.54. The van der Waals surface area contributed by atoms with E-state index < -0.39 is 10.0 Å². The molecular formula is C13H13ClN2O2S2. The zero-order valence-electron chi connectivity index (χ0n) is 10.6. The Hall–Kier alpha value is -0.950. The molecule has 2 aromatic rings. The monoisotopic (exact) mass is 328 g/mol. The van der Waals surface area contributed by atoms with E-state index in [0.29, 0.717) is 11.6 Å². The lowest BCUT2D eigenvalue weighted by molar-refractivity contribution is 0.401. The SMILES string of the molecule is O=S(=O)(c1cncc(Cl)c1)N1CCC[C@H]1c1cccs1. The molecule has 3 heterocycles. The molecule has 20 heavy (non-hydrogen) atoms. The van der Waals surface area contributed by atoms with Gasteiger partial charge in [-0.05, 0) is 30.4 Å². The van der Waals surface area contributed by atoms with Crippen molar-refractivity contribution in [1.29, 1.82) is 0 Å². The highest BCUT2D eigenvalue weighted by Gasteiger charge is 2.36. The van der Waals surface area contributed by atoms with Crippen molar-refractivity contribution in [3.63, 3.8) is 0 Å². The molecule has 4 nitrogen and oxygen atoms in total. The van der Waals surface area contributed by atoms with Crippen molar-refractivity contribution in [2.24, 2.45) is 0 Å². The molecule has 1 aliphatic heterocycles. The quantitative estimate of drug-likeness (QED) is 0.868. The van der Waals surface area contributed by atoms with Gasteiger partial charge in [0.25, 0.3) is 0 Å². The third kappa shape index (κ3) is 2.48. The van der Waals surface area contributed by atoms with Gasteiger partial charge >= 0.3 is 0 Å². The average molecular weight is 329 g/mol. The van der Waals surface area contributed by atoms with Crippen LogP contribution in [0.15, 0.2) is 40.9 Å². The largest absolute Gasteiger partial charge is 0.262 e. The van der Waals surface area contributed by atoms with Gasteiger partial charge in [-0.2, -0.15) is 4.31 Å². The standard InChI is InChI=1S/C13H13ClN2O2S2/c14-10-7-11(9-15-8-10)20(17,18)16-5-1-3-12(16)13-4-2-6-19-13/h2,4,6-9,12H,1,3,5H2/t12-/m0/s1. The van der Waals surface area contributed by atoms with E-state index in [0.717, 1.165) is 17.7 Å². The first-order chi connectivity index (χ1) is 9.59. The molecule has 1 fully saturated rings. The summed E-state index contributed by atoms with van der Waals surface area (Å²) in [5.74, 6) is 0. The Labute approximate surface area is 127 Å². The Bertz CT molecular complexity index is 701. The molecule has 1 atom stereocenters. The number of aromatic nitrogens is 1. The van der Waals surface area contributed by atoms with E-state index >= 15 is 0 Å². The smallest absolute Gasteiger partial charge is 0.245 e. The van der Waals surface area contributed by atoms with Crippen LogP contribution in [-0.4, -0.2) is 24.3 Å². The number of rotatable bonds is 3. The third-order valence-corrected chi connectivity index (χ3v) is 6.42. The Kier molecular flexibility index (Phi) is 3.81. The van der Waals surface area contributed by atoms with E-state index in [9.17, 15) is 8.42 Å². The Balaban J connectivity index is 1.98. The van der Waals surface area contributed by atoms with Crippen molar-refractivity contribution in [1.82, 2.24) is 9.29 Å². The lowest BCUT2D eigenvalue weighted by Gasteiger charge is -2.23. The first-order valence-corrected chi connectivity index (χ1v) is 8.94. The summed E-state index contributed by atoms with van der Waals surface area (Å²) >= 11 is 7.44. The summed E-state index contributed by atoms with van der Waals surface area (Å²) in [5.41, 5.74) is 0. The molecule has 0 saturated carbocycles. The molecule has 0 bridgehead atoms. The fourth-order valence-electron chi connectivity index (χ4n) is 2.46. The summed E-state index contributed by atoms with van der Waals surface area (Å²) < 4.78 is 27.0. The zero-order valence-corrected chi connectivity index (χ0v) is 13.0. The van der Waals surface area contributed by atoms with Crippen LogP contribution in [0.5, 0.6) is 0 Å². The first kappa shape index (κ1) is 14.0. The fourth-order valence-corrected chi connectivity index (χ4v) is 5.30. The van der Waals surface area contributed by atoms with Gasteiger partial charge in [0.15, 0.2) is 0 Å². The van der Waals surface area contributed by atoms with E-state index in [4.69, 9.17) is 11.6 Å². The molecule has 0 N–H and O–H groups in total. The lowest BCUT2D eigenvalue weighted by Crippen LogP contribution is -2.30. The Morgan fingerprint density at radius 2 is 2.25 bits per heavy atom. The van der Waals surface area contributed by atoms with Gasteiger partial charge in [-0.15, -0.1) is 11.3 Å². The van der Waals surface area contributed by atoms with E-state index in [1.807, 2.05) is 17.5 Å². The number of pyridine rings is 1. The number of nitrogens with zero attached hydrogens (tertiary/aromatic N) is 2. The van der Waals surface area contributed by atoms with Gasteiger partial charge in [0.05, 0.1) is 11.1 Å². The van der Waals surface area contributed by atoms with Crippen molar-refractivity contribution >= 4 is 33.0 Å². The summed E-state index contributed by atoms with van der Waals surface area (Å²) in [7, 11) is -3.54. The number of thiophene rings is 1. The molecule has 0 aliphatic carbocycles. The van der Waals surface area contributed by atoms with E-state index in [1.165, 1.54) is 18.5 Å². The van der Waals surface area contributed by atoms with Crippen LogP contribution in [0.25, 0.3) is 0 Å². The molecule has 1 saturated heterocycles. The number of hydrogen-bond acceptors (Lipinski definition) is 4. The summed E-state index contributed by atoms with van der Waals surface area (Å²) in [6, 6.07) is 5.32. The van der Waals surface area contributed by atoms with Crippen molar-refractivity contribution in [3.8, 4) is 0 Å². The highest BCUT2D eigenvalue weighted by Crippen LogP contribution is 2.38. The number of hydrogen-bond donors (Lipinski definition) is 0. The van der Waals surface area contributed by atoms with Crippen molar-refractivity contribution in [2.45, 2.75) is 23.8 Å². The molecule has 1 aliphatic rings. The highest BCUT2D eigenvalue weighted by atomic mass is 35.5. The molecule has 0 aromatic carbocycles. The maximum Gasteiger partial charge on any atom is 0.245 e. The average Bonchev–Trinajstić information content (AvgIpc) is 3.09. The van der Waals surface area contributed by atoms with Crippen molar-refractivity contribution in [3.05, 3.63) is 45.9 Å². The summed E-state index contributed by atoms with van der Waals surface area (Å²) in [6.45, 7) is 0.539. The predicted molar refractivity (Wildman–Crippen MR) is 79.4 cm³/mol. The van der Waals surface area contributed by atoms with Gasteiger partial charge in [0.2, 0.25) is 10.0 Å². The number of sulfonamides is 1. The normalized spacial score (nSPS) is 20.4. The summed E-state index contributed by atoms with van der Waals surface area (Å²) in [5, 5.41) is 2.30. The molecule has 7 heteroatoms. The van der Waals surface area contributed by atoms with E-state index in [2.05, 4.69) is 4.98 Å². The molecule has 0 unspecified atom stereocenters. The fraction of sp³-hybridized carbons (Fsp3) is 0.308. The molecule has 3 rings (SSSR count). The van der Waals surface area contributed by atoms with Gasteiger partial charge < -0.3 is 0 Å². The van der Waals surface area contributed by atoms with Crippen LogP contribution in [-0.2, 0) is 10.0 Å². The van der Waals surface area contributed by atoms with E-state index in [1.54, 1.807) is 15.6 Å². The molecule has 2 aromatic heterocycles. The molecular weight excluding hydrogens is 316 g/mol. The molecule has 0 amide bonds. The second-order valence-corrected chi connectivity index (χ2v) is 7.93. The van der Waals surface area contributed by atoms with Crippen molar-refractivity contribution < 1.29 is 8.42 Å². The van der Waals surface area contributed by atoms with Crippen LogP contribution in [0.4, 0.5) is 0 Å². The highest BCUT2D eigenvalue weighted by molar-refractivity contribution is 7.89. The van der Waals surface area contributed by atoms with Crippen LogP contribution in [0.2, 0.25) is 5.02 Å². The molecule has 0 spiro atoms. The predicted octanol–water partition coefficient (Wildman–Crippen LogP) is 3.32. The van der Waals surface area contributed by atoms with Crippen LogP contribution in [0.3, 0.4) is 0 Å². The summed E-state index contributed by atoms with van der Waals surface area (Å²) in [6.07, 6.45) is 4.51. The Morgan fingerprint density at radius 1 is 1.40 bits per heavy atom. The first-order valence-electron chi connectivity index (χ1n) is 6.25. The number of halogens is 1. The molecule has 0 radical (unpaired) electrons. The summed E-state index contributed by atoms with van der Waals surface area (Å²) in [4.78, 5) is 5.12. The van der Waals surface area contributed by atoms with Crippen LogP contribution in [0.1, 0.15) is 23.8 Å². The second-order valence-electron chi connectivity index (χ2n) is 4.63. The molecule has 106 valence electrons. The van der Waals surface area contributed by atoms with Crippen LogP contribution in [0, 0.1) is 0 Å². The van der Waals surface area contributed by atoms with Crippen molar-refractivity contribution in [2.75, 3.05) is 6.54 Å². The van der Waals surface area contributed by atoms with Gasteiger partial charge in [0.1, 0.15) is 4.90 Å². The van der Waals surface area contributed by atoms with Crippen LogP contribution < -0.4 is 0 Å². The minimum absolute atomic E-state index is 0.0704. The zero-order chi connectivity index (χ0) is 14.2. The minimum Gasteiger partial charge on any atom is -0.262 e. The van der Waals surface area contributed by atoms with E-state index in [-0.39, 0.29) is 10.9 Å². The maximum atomic E-state index is 12.7. The Morgan fingerprint density at radius 3 is 2.95 bits per heavy atom. The van der Waals surface area contributed by atoms with Gasteiger partial charge in [-0.1, -0.05) is 17.7 Å². The van der Waals surface area contributed by atoms with Gasteiger partial charge in [-0.25, -0.2) is 8.42 Å². The van der Waals surface area contributed by atoms with Gasteiger partial charge in [0, 0.05) is 23.8 Å². The lowest BCUT2D eigenvalue weighted by atomic mass is 10.2. The maximum absolute atomic E-state index is 12.7. The van der Waals surface area contributed by atoms with Crippen LogP contribution >= 0.6 is 22.9 Å².